The van der Waals surface area contributed by atoms with Gasteiger partial charge in [0.2, 0.25) is 0 Å². The lowest BCUT2D eigenvalue weighted by atomic mass is 10.2. The highest BCUT2D eigenvalue weighted by Gasteiger charge is 2.02. The van der Waals surface area contributed by atoms with Gasteiger partial charge in [0.05, 0.1) is 17.7 Å². The Kier molecular flexibility index (Phi) is 4.11. The number of halogens is 1. The first-order valence-corrected chi connectivity index (χ1v) is 6.25. The van der Waals surface area contributed by atoms with E-state index in [0.717, 1.165) is 0 Å². The van der Waals surface area contributed by atoms with Crippen LogP contribution in [0.25, 0.3) is 0 Å². The number of hydrogen-bond acceptors (Lipinski definition) is 2. The van der Waals surface area contributed by atoms with E-state index in [9.17, 15) is 9.18 Å². The minimum atomic E-state index is -0.353. The maximum Gasteiger partial charge on any atom is 0.252 e. The van der Waals surface area contributed by atoms with Crippen molar-refractivity contribution < 1.29 is 9.18 Å². The molecular formula is C14H10FNOS. The van der Waals surface area contributed by atoms with Crippen LogP contribution in [-0.4, -0.2) is 12.5 Å². The van der Waals surface area contributed by atoms with Crippen molar-refractivity contribution in [2.45, 2.75) is 0 Å². The first kappa shape index (κ1) is 12.3. The largest absolute Gasteiger partial charge is 0.341 e. The Bertz CT molecular complexity index is 596. The summed E-state index contributed by atoms with van der Waals surface area (Å²) in [5, 5.41) is 6.24. The molecule has 0 aliphatic heterocycles. The van der Waals surface area contributed by atoms with E-state index >= 15 is 0 Å². The van der Waals surface area contributed by atoms with E-state index in [0.29, 0.717) is 11.1 Å². The van der Waals surface area contributed by atoms with Crippen molar-refractivity contribution in [3.63, 3.8) is 0 Å². The average Bonchev–Trinajstić information content (AvgIpc) is 2.90. The van der Waals surface area contributed by atoms with Gasteiger partial charge < -0.3 is 5.32 Å². The quantitative estimate of drug-likeness (QED) is 0.825. The minimum absolute atomic E-state index is 0.168. The van der Waals surface area contributed by atoms with Gasteiger partial charge in [0.1, 0.15) is 5.82 Å². The molecule has 0 spiro atoms. The molecule has 1 amide bonds. The van der Waals surface area contributed by atoms with Gasteiger partial charge in [-0.15, -0.1) is 0 Å². The van der Waals surface area contributed by atoms with Crippen LogP contribution in [0.2, 0.25) is 0 Å². The molecule has 0 saturated carbocycles. The number of benzene rings is 1. The molecule has 1 aromatic carbocycles. The van der Waals surface area contributed by atoms with Crippen LogP contribution in [0, 0.1) is 17.7 Å². The van der Waals surface area contributed by atoms with E-state index in [1.165, 1.54) is 17.4 Å². The molecule has 90 valence electrons. The fourth-order valence-electron chi connectivity index (χ4n) is 1.32. The zero-order valence-corrected chi connectivity index (χ0v) is 10.3. The van der Waals surface area contributed by atoms with Gasteiger partial charge in [0.25, 0.3) is 5.91 Å². The number of amides is 1. The number of carbonyl (C=O) groups is 1. The summed E-state index contributed by atoms with van der Waals surface area (Å²) in [6, 6.07) is 8.02. The average molecular weight is 259 g/mol. The number of rotatable bonds is 2. The maximum absolute atomic E-state index is 13.2. The van der Waals surface area contributed by atoms with E-state index in [1.807, 2.05) is 5.38 Å². The first-order chi connectivity index (χ1) is 8.77. The molecule has 1 aromatic heterocycles. The lowest BCUT2D eigenvalue weighted by molar-refractivity contribution is 0.0959. The van der Waals surface area contributed by atoms with E-state index < -0.39 is 0 Å². The van der Waals surface area contributed by atoms with Gasteiger partial charge >= 0.3 is 0 Å². The maximum atomic E-state index is 13.2. The Morgan fingerprint density at radius 2 is 2.17 bits per heavy atom. The van der Waals surface area contributed by atoms with Crippen molar-refractivity contribution in [3.8, 4) is 11.8 Å². The fraction of sp³-hybridized carbons (Fsp3) is 0.0714. The molecule has 0 aliphatic carbocycles. The molecule has 2 rings (SSSR count). The Morgan fingerprint density at radius 1 is 1.33 bits per heavy atom. The molecule has 1 N–H and O–H groups in total. The number of thiophene rings is 1. The lowest BCUT2D eigenvalue weighted by Crippen LogP contribution is -2.22. The summed E-state index contributed by atoms with van der Waals surface area (Å²) in [7, 11) is 0. The van der Waals surface area contributed by atoms with Crippen LogP contribution in [0.1, 0.15) is 15.9 Å². The second-order valence-corrected chi connectivity index (χ2v) is 4.26. The number of nitrogens with one attached hydrogen (secondary N) is 1. The molecule has 0 radical (unpaired) electrons. The third-order valence-electron chi connectivity index (χ3n) is 2.22. The summed E-state index contributed by atoms with van der Waals surface area (Å²) >= 11 is 1.46. The molecule has 0 aliphatic rings. The minimum Gasteiger partial charge on any atom is -0.341 e. The number of hydrogen-bond donors (Lipinski definition) is 1. The Morgan fingerprint density at radius 3 is 2.89 bits per heavy atom. The van der Waals surface area contributed by atoms with Crippen molar-refractivity contribution >= 4 is 17.2 Å². The van der Waals surface area contributed by atoms with Gasteiger partial charge in [-0.3, -0.25) is 4.79 Å². The molecule has 0 fully saturated rings. The van der Waals surface area contributed by atoms with E-state index in [2.05, 4.69) is 17.2 Å². The zero-order chi connectivity index (χ0) is 12.8. The lowest BCUT2D eigenvalue weighted by Gasteiger charge is -1.97. The Balaban J connectivity index is 1.90. The predicted molar refractivity (Wildman–Crippen MR) is 69.9 cm³/mol. The van der Waals surface area contributed by atoms with Gasteiger partial charge in [-0.25, -0.2) is 4.39 Å². The Labute approximate surface area is 108 Å². The van der Waals surface area contributed by atoms with Crippen LogP contribution >= 0.6 is 11.3 Å². The molecule has 0 bridgehead atoms. The van der Waals surface area contributed by atoms with Crippen molar-refractivity contribution in [3.05, 3.63) is 58.0 Å². The topological polar surface area (TPSA) is 29.1 Å². The van der Waals surface area contributed by atoms with Crippen LogP contribution in [0.5, 0.6) is 0 Å². The number of carbonyl (C=O) groups excluding carboxylic acids is 1. The summed E-state index contributed by atoms with van der Waals surface area (Å²) in [6.07, 6.45) is 0. The van der Waals surface area contributed by atoms with Crippen LogP contribution < -0.4 is 5.32 Å². The molecule has 2 aromatic rings. The van der Waals surface area contributed by atoms with Crippen molar-refractivity contribution in [1.82, 2.24) is 5.32 Å². The molecule has 18 heavy (non-hydrogen) atoms. The van der Waals surface area contributed by atoms with Crippen molar-refractivity contribution in [2.24, 2.45) is 0 Å². The summed E-state index contributed by atoms with van der Waals surface area (Å²) in [5.41, 5.74) is 0.954. The monoisotopic (exact) mass is 259 g/mol. The molecule has 1 heterocycles. The van der Waals surface area contributed by atoms with Gasteiger partial charge in [-0.2, -0.15) is 11.3 Å². The second kappa shape index (κ2) is 5.99. The molecule has 2 nitrogen and oxygen atoms in total. The van der Waals surface area contributed by atoms with Crippen LogP contribution in [0.15, 0.2) is 41.1 Å². The highest BCUT2D eigenvalue weighted by atomic mass is 32.1. The normalized spacial score (nSPS) is 9.39. The Hall–Kier alpha value is -2.12. The van der Waals surface area contributed by atoms with Crippen LogP contribution in [-0.2, 0) is 0 Å². The zero-order valence-electron chi connectivity index (χ0n) is 9.44. The summed E-state index contributed by atoms with van der Waals surface area (Å²) in [4.78, 5) is 11.5. The highest BCUT2D eigenvalue weighted by Crippen LogP contribution is 2.05. The van der Waals surface area contributed by atoms with Gasteiger partial charge in [-0.1, -0.05) is 24.0 Å². The second-order valence-electron chi connectivity index (χ2n) is 3.48. The summed E-state index contributed by atoms with van der Waals surface area (Å²) in [6.45, 7) is 0.197. The van der Waals surface area contributed by atoms with E-state index in [-0.39, 0.29) is 18.3 Å². The molecule has 0 atom stereocenters. The van der Waals surface area contributed by atoms with Gasteiger partial charge in [-0.05, 0) is 23.6 Å². The fourth-order valence-corrected chi connectivity index (χ4v) is 1.96. The van der Waals surface area contributed by atoms with E-state index in [1.54, 1.807) is 29.6 Å². The van der Waals surface area contributed by atoms with Crippen molar-refractivity contribution in [2.75, 3.05) is 6.54 Å². The SMILES string of the molecule is O=C(NCC#Cc1ccccc1F)c1ccsc1. The third kappa shape index (κ3) is 3.19. The standard InChI is InChI=1S/C14H10FNOS/c15-13-6-2-1-4-11(13)5-3-8-16-14(17)12-7-9-18-10-12/h1-2,4,6-7,9-10H,8H2,(H,16,17). The smallest absolute Gasteiger partial charge is 0.252 e. The molecule has 0 unspecified atom stereocenters. The van der Waals surface area contributed by atoms with Crippen LogP contribution in [0.4, 0.5) is 4.39 Å². The summed E-state index contributed by atoms with van der Waals surface area (Å²) in [5.74, 6) is 4.87. The van der Waals surface area contributed by atoms with Gasteiger partial charge in [0, 0.05) is 5.38 Å². The van der Waals surface area contributed by atoms with Crippen LogP contribution in [0.3, 0.4) is 0 Å². The highest BCUT2D eigenvalue weighted by molar-refractivity contribution is 7.08. The predicted octanol–water partition coefficient (Wildman–Crippen LogP) is 2.67. The third-order valence-corrected chi connectivity index (χ3v) is 2.90. The van der Waals surface area contributed by atoms with Gasteiger partial charge in [0.15, 0.2) is 0 Å². The summed E-state index contributed by atoms with van der Waals surface area (Å²) < 4.78 is 13.2. The molecule has 4 heteroatoms. The first-order valence-electron chi connectivity index (χ1n) is 5.31. The van der Waals surface area contributed by atoms with E-state index in [4.69, 9.17) is 0 Å². The molecular weight excluding hydrogens is 249 g/mol. The molecule has 0 saturated heterocycles. The van der Waals surface area contributed by atoms with Crippen molar-refractivity contribution in [1.29, 1.82) is 0 Å².